The highest BCUT2D eigenvalue weighted by Gasteiger charge is 2.18. The highest BCUT2D eigenvalue weighted by atomic mass is 16.6. The van der Waals surface area contributed by atoms with Crippen LogP contribution in [0.1, 0.15) is 16.1 Å². The van der Waals surface area contributed by atoms with Crippen LogP contribution in [0.15, 0.2) is 59.0 Å². The van der Waals surface area contributed by atoms with Crippen LogP contribution >= 0.6 is 0 Å². The van der Waals surface area contributed by atoms with E-state index < -0.39 is 15.8 Å². The number of carbonyl (C=O) groups is 1. The predicted molar refractivity (Wildman–Crippen MR) is 96.6 cm³/mol. The monoisotopic (exact) mass is 367 g/mol. The summed E-state index contributed by atoms with van der Waals surface area (Å²) >= 11 is 0. The van der Waals surface area contributed by atoms with Gasteiger partial charge in [-0.1, -0.05) is 18.2 Å². The number of furan rings is 1. The van der Waals surface area contributed by atoms with Crippen LogP contribution < -0.4 is 5.32 Å². The number of nitro groups is 2. The van der Waals surface area contributed by atoms with E-state index in [9.17, 15) is 25.0 Å². The Hall–Kier alpha value is -4.01. The maximum absolute atomic E-state index is 12.4. The Morgan fingerprint density at radius 2 is 1.74 bits per heavy atom. The van der Waals surface area contributed by atoms with E-state index in [4.69, 9.17) is 4.42 Å². The lowest BCUT2D eigenvalue weighted by Gasteiger charge is -2.07. The third-order valence-corrected chi connectivity index (χ3v) is 3.92. The number of nitrogens with zero attached hydrogens (tertiary/aromatic N) is 2. The minimum Gasteiger partial charge on any atom is -0.451 e. The largest absolute Gasteiger partial charge is 0.451 e. The zero-order valence-electron chi connectivity index (χ0n) is 14.0. The Bertz CT molecular complexity index is 1060. The molecule has 0 spiro atoms. The molecule has 0 bridgehead atoms. The molecule has 0 saturated heterocycles. The first-order valence-corrected chi connectivity index (χ1v) is 7.77. The van der Waals surface area contributed by atoms with Gasteiger partial charge in [-0.05, 0) is 25.1 Å². The van der Waals surface area contributed by atoms with Crippen LogP contribution in [-0.4, -0.2) is 15.8 Å². The van der Waals surface area contributed by atoms with E-state index in [0.29, 0.717) is 22.6 Å². The van der Waals surface area contributed by atoms with Crippen molar-refractivity contribution in [3.8, 4) is 11.3 Å². The number of nitro benzene ring substituents is 2. The van der Waals surface area contributed by atoms with Crippen LogP contribution in [0, 0.1) is 27.2 Å². The van der Waals surface area contributed by atoms with Gasteiger partial charge in [0.25, 0.3) is 17.3 Å². The summed E-state index contributed by atoms with van der Waals surface area (Å²) in [4.78, 5) is 33.2. The summed E-state index contributed by atoms with van der Waals surface area (Å²) in [6.45, 7) is 1.53. The second-order valence-corrected chi connectivity index (χ2v) is 5.63. The first kappa shape index (κ1) is 17.8. The average Bonchev–Trinajstić information content (AvgIpc) is 3.13. The predicted octanol–water partition coefficient (Wildman–Crippen LogP) is 4.32. The van der Waals surface area contributed by atoms with Crippen molar-refractivity contribution in [3.05, 3.63) is 86.1 Å². The molecule has 0 fully saturated rings. The van der Waals surface area contributed by atoms with Crippen molar-refractivity contribution in [1.29, 1.82) is 0 Å². The molecule has 3 rings (SSSR count). The molecule has 0 unspecified atom stereocenters. The molecule has 0 saturated carbocycles. The smallest absolute Gasteiger partial charge is 0.291 e. The summed E-state index contributed by atoms with van der Waals surface area (Å²) in [5.41, 5.74) is 0.866. The van der Waals surface area contributed by atoms with E-state index in [0.717, 1.165) is 0 Å². The van der Waals surface area contributed by atoms with Gasteiger partial charge in [-0.15, -0.1) is 0 Å². The molecule has 1 N–H and O–H groups in total. The topological polar surface area (TPSA) is 129 Å². The zero-order chi connectivity index (χ0) is 19.6. The molecule has 0 atom stereocenters. The standard InChI is InChI=1S/C18H13N3O6/c1-11-14(6-3-7-15(11)21(25)26)19-18(22)17-9-8-16(27-17)12-4-2-5-13(10-12)20(23)24/h2-10H,1H3,(H,19,22). The number of benzene rings is 2. The molecule has 0 aliphatic rings. The first-order valence-electron chi connectivity index (χ1n) is 7.77. The lowest BCUT2D eigenvalue weighted by molar-refractivity contribution is -0.385. The van der Waals surface area contributed by atoms with E-state index in [1.807, 2.05) is 0 Å². The number of nitrogens with one attached hydrogen (secondary N) is 1. The Morgan fingerprint density at radius 1 is 1.00 bits per heavy atom. The number of rotatable bonds is 5. The molecule has 136 valence electrons. The summed E-state index contributed by atoms with van der Waals surface area (Å²) in [6, 6.07) is 13.1. The molecule has 3 aromatic rings. The van der Waals surface area contributed by atoms with Gasteiger partial charge < -0.3 is 9.73 Å². The molecule has 0 radical (unpaired) electrons. The molecule has 9 heteroatoms. The lowest BCUT2D eigenvalue weighted by Crippen LogP contribution is -2.12. The fourth-order valence-electron chi connectivity index (χ4n) is 2.53. The summed E-state index contributed by atoms with van der Waals surface area (Å²) in [6.07, 6.45) is 0. The Morgan fingerprint density at radius 3 is 2.44 bits per heavy atom. The van der Waals surface area contributed by atoms with E-state index >= 15 is 0 Å². The molecular formula is C18H13N3O6. The maximum atomic E-state index is 12.4. The number of non-ortho nitro benzene ring substituents is 1. The maximum Gasteiger partial charge on any atom is 0.291 e. The van der Waals surface area contributed by atoms with E-state index in [2.05, 4.69) is 5.32 Å². The summed E-state index contributed by atoms with van der Waals surface area (Å²) in [7, 11) is 0. The van der Waals surface area contributed by atoms with Crippen LogP contribution in [0.25, 0.3) is 11.3 Å². The molecular weight excluding hydrogens is 354 g/mol. The van der Waals surface area contributed by atoms with Crippen molar-refractivity contribution in [1.82, 2.24) is 0 Å². The van der Waals surface area contributed by atoms with Gasteiger partial charge in [0, 0.05) is 23.8 Å². The van der Waals surface area contributed by atoms with Gasteiger partial charge in [0.2, 0.25) is 0 Å². The number of hydrogen-bond acceptors (Lipinski definition) is 6. The number of hydrogen-bond donors (Lipinski definition) is 1. The molecule has 0 aliphatic heterocycles. The van der Waals surface area contributed by atoms with Gasteiger partial charge >= 0.3 is 0 Å². The minimum atomic E-state index is -0.588. The molecule has 1 heterocycles. The van der Waals surface area contributed by atoms with Gasteiger partial charge in [-0.25, -0.2) is 0 Å². The second-order valence-electron chi connectivity index (χ2n) is 5.63. The van der Waals surface area contributed by atoms with Crippen LogP contribution in [0.4, 0.5) is 17.1 Å². The molecule has 9 nitrogen and oxygen atoms in total. The zero-order valence-corrected chi connectivity index (χ0v) is 14.0. The second kappa shape index (κ2) is 7.08. The van der Waals surface area contributed by atoms with Crippen molar-refractivity contribution in [2.24, 2.45) is 0 Å². The number of anilines is 1. The van der Waals surface area contributed by atoms with Gasteiger partial charge in [-0.2, -0.15) is 0 Å². The normalized spacial score (nSPS) is 10.4. The van der Waals surface area contributed by atoms with Gasteiger partial charge in [-0.3, -0.25) is 25.0 Å². The third-order valence-electron chi connectivity index (χ3n) is 3.92. The number of amides is 1. The van der Waals surface area contributed by atoms with Crippen molar-refractivity contribution in [3.63, 3.8) is 0 Å². The Kier molecular flexibility index (Phi) is 4.67. The molecule has 27 heavy (non-hydrogen) atoms. The average molecular weight is 367 g/mol. The van der Waals surface area contributed by atoms with Crippen molar-refractivity contribution in [2.75, 3.05) is 5.32 Å². The van der Waals surface area contributed by atoms with Gasteiger partial charge in [0.05, 0.1) is 21.1 Å². The quantitative estimate of drug-likeness (QED) is 0.528. The van der Waals surface area contributed by atoms with Crippen molar-refractivity contribution in [2.45, 2.75) is 6.92 Å². The van der Waals surface area contributed by atoms with E-state index in [1.54, 1.807) is 12.1 Å². The fraction of sp³-hybridized carbons (Fsp3) is 0.0556. The van der Waals surface area contributed by atoms with Crippen LogP contribution in [0.3, 0.4) is 0 Å². The molecule has 0 aliphatic carbocycles. The van der Waals surface area contributed by atoms with Crippen LogP contribution in [-0.2, 0) is 0 Å². The molecule has 1 amide bonds. The summed E-state index contributed by atoms with van der Waals surface area (Å²) < 4.78 is 5.49. The van der Waals surface area contributed by atoms with Crippen molar-refractivity contribution < 1.29 is 19.1 Å². The SMILES string of the molecule is Cc1c(NC(=O)c2ccc(-c3cccc([N+](=O)[O-])c3)o2)cccc1[N+](=O)[O-]. The van der Waals surface area contributed by atoms with Crippen LogP contribution in [0.5, 0.6) is 0 Å². The third kappa shape index (κ3) is 3.66. The highest BCUT2D eigenvalue weighted by Crippen LogP contribution is 2.28. The summed E-state index contributed by atoms with van der Waals surface area (Å²) in [5, 5.41) is 24.4. The van der Waals surface area contributed by atoms with E-state index in [-0.39, 0.29) is 17.1 Å². The fourth-order valence-corrected chi connectivity index (χ4v) is 2.53. The van der Waals surface area contributed by atoms with Gasteiger partial charge in [0.1, 0.15) is 5.76 Å². The highest BCUT2D eigenvalue weighted by molar-refractivity contribution is 6.03. The van der Waals surface area contributed by atoms with Crippen molar-refractivity contribution >= 4 is 23.0 Å². The summed E-state index contributed by atoms with van der Waals surface area (Å²) in [5.74, 6) is -0.322. The Balaban J connectivity index is 1.84. The molecule has 1 aromatic heterocycles. The van der Waals surface area contributed by atoms with E-state index in [1.165, 1.54) is 49.4 Å². The first-order chi connectivity index (χ1) is 12.9. The van der Waals surface area contributed by atoms with Crippen LogP contribution in [0.2, 0.25) is 0 Å². The minimum absolute atomic E-state index is 0.0255. The molecule has 2 aromatic carbocycles. The number of carbonyl (C=O) groups excluding carboxylic acids is 1. The Labute approximate surface area is 152 Å². The lowest BCUT2D eigenvalue weighted by atomic mass is 10.1. The van der Waals surface area contributed by atoms with Gasteiger partial charge in [0.15, 0.2) is 5.76 Å².